The van der Waals surface area contributed by atoms with Gasteiger partial charge >= 0.3 is 12.3 Å². The van der Waals surface area contributed by atoms with Gasteiger partial charge in [-0.2, -0.15) is 0 Å². The Balaban J connectivity index is 2.12. The first-order chi connectivity index (χ1) is 12.1. The fourth-order valence-corrected chi connectivity index (χ4v) is 2.98. The summed E-state index contributed by atoms with van der Waals surface area (Å²) in [5.74, 6) is -1.05. The average molecular weight is 389 g/mol. The van der Waals surface area contributed by atoms with Gasteiger partial charge in [-0.3, -0.25) is 4.72 Å². The lowest BCUT2D eigenvalue weighted by Gasteiger charge is -2.11. The summed E-state index contributed by atoms with van der Waals surface area (Å²) in [6.07, 6.45) is -4.83. The molecule has 0 amide bonds. The van der Waals surface area contributed by atoms with E-state index < -0.39 is 28.1 Å². The summed E-state index contributed by atoms with van der Waals surface area (Å²) in [6.45, 7) is 1.83. The van der Waals surface area contributed by atoms with Gasteiger partial charge in [-0.25, -0.2) is 13.2 Å². The fourth-order valence-electron chi connectivity index (χ4n) is 1.92. The summed E-state index contributed by atoms with van der Waals surface area (Å²) < 4.78 is 71.6. The molecule has 0 fully saturated rings. The number of rotatable bonds is 6. The Morgan fingerprint density at radius 3 is 2.12 bits per heavy atom. The number of carbonyl (C=O) groups is 1. The van der Waals surface area contributed by atoms with Gasteiger partial charge in [0.15, 0.2) is 0 Å². The first-order valence-corrected chi connectivity index (χ1v) is 8.75. The molecular formula is C16H14F3NO5S. The Labute approximate surface area is 147 Å². The summed E-state index contributed by atoms with van der Waals surface area (Å²) >= 11 is 0. The molecule has 0 radical (unpaired) electrons. The van der Waals surface area contributed by atoms with Gasteiger partial charge < -0.3 is 9.47 Å². The second kappa shape index (κ2) is 7.65. The molecule has 26 heavy (non-hydrogen) atoms. The first kappa shape index (κ1) is 19.6. The topological polar surface area (TPSA) is 81.7 Å². The first-order valence-electron chi connectivity index (χ1n) is 7.26. The van der Waals surface area contributed by atoms with Crippen molar-refractivity contribution in [2.75, 3.05) is 11.3 Å². The number of hydrogen-bond donors (Lipinski definition) is 1. The quantitative estimate of drug-likeness (QED) is 0.764. The number of halogens is 3. The molecule has 10 heteroatoms. The summed E-state index contributed by atoms with van der Waals surface area (Å²) in [5.41, 5.74) is 0.244. The zero-order valence-corrected chi connectivity index (χ0v) is 14.2. The van der Waals surface area contributed by atoms with E-state index in [9.17, 15) is 26.4 Å². The van der Waals surface area contributed by atoms with Gasteiger partial charge in [0, 0.05) is 5.69 Å². The molecule has 0 saturated heterocycles. The number of hydrogen-bond acceptors (Lipinski definition) is 5. The second-order valence-electron chi connectivity index (χ2n) is 4.92. The molecule has 0 aliphatic carbocycles. The molecule has 0 aromatic heterocycles. The van der Waals surface area contributed by atoms with Crippen molar-refractivity contribution in [3.05, 3.63) is 54.1 Å². The fraction of sp³-hybridized carbons (Fsp3) is 0.188. The summed E-state index contributed by atoms with van der Waals surface area (Å²) in [6, 6.07) is 9.26. The van der Waals surface area contributed by atoms with Crippen molar-refractivity contribution in [1.29, 1.82) is 0 Å². The van der Waals surface area contributed by atoms with E-state index in [1.165, 1.54) is 24.3 Å². The lowest BCUT2D eigenvalue weighted by molar-refractivity contribution is -0.274. The van der Waals surface area contributed by atoms with Crippen LogP contribution in [0.1, 0.15) is 17.3 Å². The predicted molar refractivity (Wildman–Crippen MR) is 86.3 cm³/mol. The maximum absolute atomic E-state index is 12.3. The summed E-state index contributed by atoms with van der Waals surface area (Å²) in [7, 11) is -3.98. The van der Waals surface area contributed by atoms with E-state index >= 15 is 0 Å². The lowest BCUT2D eigenvalue weighted by Crippen LogP contribution is -2.17. The zero-order chi connectivity index (χ0) is 19.4. The van der Waals surface area contributed by atoms with Crippen LogP contribution in [0.2, 0.25) is 0 Å². The molecule has 0 saturated carbocycles. The van der Waals surface area contributed by atoms with E-state index in [4.69, 9.17) is 4.74 Å². The van der Waals surface area contributed by atoms with E-state index in [1.807, 2.05) is 0 Å². The van der Waals surface area contributed by atoms with Gasteiger partial charge in [0.05, 0.1) is 17.1 Å². The molecular weight excluding hydrogens is 375 g/mol. The van der Waals surface area contributed by atoms with Crippen LogP contribution in [-0.4, -0.2) is 27.4 Å². The van der Waals surface area contributed by atoms with Gasteiger partial charge in [0.1, 0.15) is 5.75 Å². The minimum atomic E-state index is -4.83. The number of ether oxygens (including phenoxy) is 2. The molecule has 0 spiro atoms. The molecule has 0 aliphatic rings. The minimum Gasteiger partial charge on any atom is -0.462 e. The van der Waals surface area contributed by atoms with Crippen LogP contribution < -0.4 is 9.46 Å². The molecule has 2 aromatic carbocycles. The van der Waals surface area contributed by atoms with Gasteiger partial charge in [-0.15, -0.1) is 13.2 Å². The van der Waals surface area contributed by atoms with Crippen LogP contribution in [0.4, 0.5) is 18.9 Å². The second-order valence-corrected chi connectivity index (χ2v) is 6.60. The number of benzene rings is 2. The van der Waals surface area contributed by atoms with Gasteiger partial charge in [-0.1, -0.05) is 0 Å². The van der Waals surface area contributed by atoms with E-state index in [0.717, 1.165) is 24.3 Å². The largest absolute Gasteiger partial charge is 0.573 e. The molecule has 0 bridgehead atoms. The normalized spacial score (nSPS) is 11.7. The lowest BCUT2D eigenvalue weighted by atomic mass is 10.2. The number of alkyl halides is 3. The molecule has 6 nitrogen and oxygen atoms in total. The van der Waals surface area contributed by atoms with Gasteiger partial charge in [-0.05, 0) is 55.5 Å². The molecule has 1 N–H and O–H groups in total. The molecule has 2 rings (SSSR count). The molecule has 140 valence electrons. The standard InChI is InChI=1S/C16H14F3NO5S/c1-2-24-15(21)11-3-9-14(10-4-11)26(22,23)20-12-5-7-13(8-6-12)25-16(17,18)19/h3-10,20H,2H2,1H3. The highest BCUT2D eigenvalue weighted by molar-refractivity contribution is 7.92. The number of anilines is 1. The predicted octanol–water partition coefficient (Wildman–Crippen LogP) is 3.56. The van der Waals surface area contributed by atoms with E-state index in [0.29, 0.717) is 0 Å². The Kier molecular flexibility index (Phi) is 5.76. The third-order valence-corrected chi connectivity index (χ3v) is 4.41. The van der Waals surface area contributed by atoms with Crippen LogP contribution in [-0.2, 0) is 14.8 Å². The van der Waals surface area contributed by atoms with Crippen LogP contribution >= 0.6 is 0 Å². The highest BCUT2D eigenvalue weighted by Crippen LogP contribution is 2.25. The number of nitrogens with one attached hydrogen (secondary N) is 1. The van der Waals surface area contributed by atoms with Gasteiger partial charge in [0.25, 0.3) is 10.0 Å². The average Bonchev–Trinajstić information content (AvgIpc) is 2.55. The Morgan fingerprint density at radius 1 is 1.04 bits per heavy atom. The van der Waals surface area contributed by atoms with Crippen molar-refractivity contribution in [2.45, 2.75) is 18.2 Å². The van der Waals surface area contributed by atoms with E-state index in [2.05, 4.69) is 9.46 Å². The number of carbonyl (C=O) groups excluding carboxylic acids is 1. The Bertz CT molecular complexity index is 862. The van der Waals surface area contributed by atoms with Crippen molar-refractivity contribution in [1.82, 2.24) is 0 Å². The molecule has 0 heterocycles. The Morgan fingerprint density at radius 2 is 1.62 bits per heavy atom. The number of esters is 1. The zero-order valence-electron chi connectivity index (χ0n) is 13.4. The minimum absolute atomic E-state index is 0.0500. The van der Waals surface area contributed by atoms with E-state index in [-0.39, 0.29) is 22.8 Å². The van der Waals surface area contributed by atoms with Crippen LogP contribution in [0, 0.1) is 0 Å². The molecule has 0 atom stereocenters. The highest BCUT2D eigenvalue weighted by atomic mass is 32.2. The van der Waals surface area contributed by atoms with E-state index in [1.54, 1.807) is 6.92 Å². The maximum atomic E-state index is 12.3. The third-order valence-electron chi connectivity index (χ3n) is 3.02. The Hall–Kier alpha value is -2.75. The van der Waals surface area contributed by atoms with Crippen molar-refractivity contribution >= 4 is 21.7 Å². The van der Waals surface area contributed by atoms with Crippen molar-refractivity contribution in [3.63, 3.8) is 0 Å². The van der Waals surface area contributed by atoms with Crippen molar-refractivity contribution < 1.29 is 35.9 Å². The SMILES string of the molecule is CCOC(=O)c1ccc(S(=O)(=O)Nc2ccc(OC(F)(F)F)cc2)cc1. The third kappa shape index (κ3) is 5.38. The monoisotopic (exact) mass is 389 g/mol. The van der Waals surface area contributed by atoms with Crippen LogP contribution in [0.5, 0.6) is 5.75 Å². The molecule has 0 aliphatic heterocycles. The molecule has 0 unspecified atom stereocenters. The van der Waals surface area contributed by atoms with Crippen molar-refractivity contribution in [2.24, 2.45) is 0 Å². The van der Waals surface area contributed by atoms with Crippen molar-refractivity contribution in [3.8, 4) is 5.75 Å². The molecule has 2 aromatic rings. The van der Waals surface area contributed by atoms with Crippen LogP contribution in [0.15, 0.2) is 53.4 Å². The number of sulfonamides is 1. The summed E-state index contributed by atoms with van der Waals surface area (Å²) in [4.78, 5) is 11.4. The summed E-state index contributed by atoms with van der Waals surface area (Å²) in [5, 5.41) is 0. The highest BCUT2D eigenvalue weighted by Gasteiger charge is 2.31. The van der Waals surface area contributed by atoms with Crippen LogP contribution in [0.3, 0.4) is 0 Å². The maximum Gasteiger partial charge on any atom is 0.573 e. The smallest absolute Gasteiger partial charge is 0.462 e. The van der Waals surface area contributed by atoms with Gasteiger partial charge in [0.2, 0.25) is 0 Å². The van der Waals surface area contributed by atoms with Crippen LogP contribution in [0.25, 0.3) is 0 Å².